The van der Waals surface area contributed by atoms with Crippen molar-refractivity contribution in [1.29, 1.82) is 0 Å². The van der Waals surface area contributed by atoms with E-state index in [0.717, 1.165) is 11.3 Å². The summed E-state index contributed by atoms with van der Waals surface area (Å²) in [5.74, 6) is -5.71. The molecule has 2 fully saturated rings. The van der Waals surface area contributed by atoms with E-state index in [-0.39, 0.29) is 85.3 Å². The highest BCUT2D eigenvalue weighted by Crippen LogP contribution is 2.50. The van der Waals surface area contributed by atoms with Crippen molar-refractivity contribution in [3.8, 4) is 0 Å². The van der Waals surface area contributed by atoms with Gasteiger partial charge in [0.05, 0.1) is 43.2 Å². The van der Waals surface area contributed by atoms with Gasteiger partial charge in [0.1, 0.15) is 17.9 Å². The Hall–Kier alpha value is -5.23. The molecule has 0 spiro atoms. The minimum atomic E-state index is -1.40. The number of nitrogens with one attached hydrogen (secondary N) is 2. The van der Waals surface area contributed by atoms with Gasteiger partial charge >= 0.3 is 5.97 Å². The van der Waals surface area contributed by atoms with Crippen LogP contribution in [0.4, 0.5) is 4.39 Å². The van der Waals surface area contributed by atoms with Crippen molar-refractivity contribution in [3.05, 3.63) is 47.8 Å². The molecule has 3 N–H and O–H groups in total. The van der Waals surface area contributed by atoms with Gasteiger partial charge in [0.25, 0.3) is 11.8 Å². The molecule has 1 aromatic rings. The molecule has 2 aliphatic heterocycles. The van der Waals surface area contributed by atoms with Crippen LogP contribution in [-0.4, -0.2) is 156 Å². The first kappa shape index (κ1) is 52.4. The third kappa shape index (κ3) is 13.2. The molecular formula is C47H69FN6O11. The van der Waals surface area contributed by atoms with Crippen molar-refractivity contribution in [2.75, 3.05) is 41.4 Å². The van der Waals surface area contributed by atoms with Crippen molar-refractivity contribution in [3.63, 3.8) is 0 Å². The van der Waals surface area contributed by atoms with Crippen LogP contribution >= 0.6 is 0 Å². The topological polar surface area (TPSA) is 212 Å². The minimum absolute atomic E-state index is 0.0716. The molecule has 3 aliphatic rings. The van der Waals surface area contributed by atoms with E-state index >= 15 is 0 Å². The lowest BCUT2D eigenvalue weighted by Crippen LogP contribution is -2.56. The van der Waals surface area contributed by atoms with E-state index in [2.05, 4.69) is 10.6 Å². The lowest BCUT2D eigenvalue weighted by molar-refractivity contribution is -0.148. The molecule has 1 aliphatic carbocycles. The van der Waals surface area contributed by atoms with Crippen LogP contribution in [0.5, 0.6) is 0 Å². The third-order valence-electron chi connectivity index (χ3n) is 13.4. The van der Waals surface area contributed by atoms with Crippen LogP contribution < -0.4 is 10.6 Å². The molecule has 0 aromatic heterocycles. The molecule has 1 saturated carbocycles. The number of carbonyl (C=O) groups is 8. The van der Waals surface area contributed by atoms with Crippen molar-refractivity contribution in [1.82, 2.24) is 30.2 Å². The van der Waals surface area contributed by atoms with Crippen molar-refractivity contribution < 1.29 is 57.3 Å². The van der Waals surface area contributed by atoms with E-state index in [0.29, 0.717) is 32.1 Å². The summed E-state index contributed by atoms with van der Waals surface area (Å²) in [5, 5.41) is 15.2. The zero-order chi connectivity index (χ0) is 48.3. The normalized spacial score (nSPS) is 20.9. The molecule has 1 aromatic carbocycles. The highest BCUT2D eigenvalue weighted by atomic mass is 19.1. The number of nitrogens with zero attached hydrogens (tertiary/aromatic N) is 4. The van der Waals surface area contributed by atoms with Crippen molar-refractivity contribution in [2.45, 2.75) is 135 Å². The maximum atomic E-state index is 14.4. The molecule has 7 amide bonds. The van der Waals surface area contributed by atoms with Crippen LogP contribution in [0.1, 0.15) is 91.5 Å². The van der Waals surface area contributed by atoms with Crippen LogP contribution in [0, 0.1) is 29.5 Å². The van der Waals surface area contributed by atoms with E-state index in [4.69, 9.17) is 9.47 Å². The summed E-state index contributed by atoms with van der Waals surface area (Å²) in [4.78, 5) is 110. The number of benzene rings is 1. The number of unbranched alkanes of at least 4 members (excludes halogenated alkanes) is 2. The number of likely N-dealkylation sites (tertiary alicyclic amines) is 1. The molecule has 0 bridgehead atoms. The maximum absolute atomic E-state index is 14.4. The molecule has 65 heavy (non-hydrogen) atoms. The average molecular weight is 913 g/mol. The summed E-state index contributed by atoms with van der Waals surface area (Å²) in [6, 6.07) is 2.35. The van der Waals surface area contributed by atoms with Gasteiger partial charge in [0.2, 0.25) is 29.5 Å². The molecule has 18 heteroatoms. The average Bonchev–Trinajstić information content (AvgIpc) is 3.81. The number of methoxy groups -OCH3 is 2. The number of amides is 7. The number of carbonyl (C=O) groups excluding carboxylic acids is 7. The smallest absolute Gasteiger partial charge is 0.326 e. The van der Waals surface area contributed by atoms with Crippen LogP contribution in [0.3, 0.4) is 0 Å². The second-order valence-corrected chi connectivity index (χ2v) is 18.1. The summed E-state index contributed by atoms with van der Waals surface area (Å²) in [5.41, 5.74) is 0.147. The SMILES string of the molecule is CC[C@H](C)[C@@H]([C@@H](CC(=O)N1C2C[C@@H]2C[C@H]1[C@H](OC)[C@@H](C)C(=O)NC(Cc1ccccc1F)C(=O)O)OC)N(C)C(=O)CNC(=O)[C@H](C(C)C)N(C)C(=O)CCCCCN1C(=O)C=CC1=O. The highest BCUT2D eigenvalue weighted by molar-refractivity contribution is 6.12. The second kappa shape index (κ2) is 23.8. The van der Waals surface area contributed by atoms with Gasteiger partial charge in [0.15, 0.2) is 0 Å². The summed E-state index contributed by atoms with van der Waals surface area (Å²) in [6.07, 6.45) is 4.38. The summed E-state index contributed by atoms with van der Waals surface area (Å²) >= 11 is 0. The van der Waals surface area contributed by atoms with Gasteiger partial charge in [-0.25, -0.2) is 9.18 Å². The summed E-state index contributed by atoms with van der Waals surface area (Å²) in [6.45, 7) is 9.05. The number of carboxylic acids is 1. The van der Waals surface area contributed by atoms with E-state index < -0.39 is 71.8 Å². The first-order chi connectivity index (χ1) is 30.8. The van der Waals surface area contributed by atoms with Crippen molar-refractivity contribution in [2.24, 2.45) is 23.7 Å². The first-order valence-electron chi connectivity index (χ1n) is 22.7. The first-order valence-corrected chi connectivity index (χ1v) is 22.7. The highest BCUT2D eigenvalue weighted by Gasteiger charge is 2.57. The number of halogens is 1. The van der Waals surface area contributed by atoms with Crippen LogP contribution in [0.2, 0.25) is 0 Å². The number of carboxylic acid groups (broad SMARTS) is 1. The van der Waals surface area contributed by atoms with Crippen LogP contribution in [0.15, 0.2) is 36.4 Å². The number of piperidine rings is 1. The number of fused-ring (bicyclic) bond motifs is 1. The lowest BCUT2D eigenvalue weighted by Gasteiger charge is -2.40. The number of ether oxygens (including phenoxy) is 2. The fourth-order valence-corrected chi connectivity index (χ4v) is 9.44. The van der Waals surface area contributed by atoms with E-state index in [1.165, 1.54) is 54.4 Å². The number of hydrogen-bond acceptors (Lipinski definition) is 10. The Balaban J connectivity index is 1.36. The standard InChI is InChI=1S/C47H69FN6O11/c1-10-28(4)43(52(7)41(59)26-49-46(61)42(27(2)3)51(6)37(55)18-12-11-15-21-53-38(56)19-20-39(53)57)36(64-8)25-40(58)54-34-23-31(34)24-35(54)44(65-9)29(5)45(60)50-33(47(62)63)22-30-16-13-14-17-32(30)48/h13-14,16-17,19-20,27-29,31,33-36,42-44H,10-12,15,18,21-26H2,1-9H3,(H,49,61)(H,50,60)(H,62,63)/t28-,29+,31+,33?,34?,35-,36+,42-,43-,44+/m0/s1. The summed E-state index contributed by atoms with van der Waals surface area (Å²) in [7, 11) is 6.08. The van der Waals surface area contributed by atoms with Gasteiger partial charge in [-0.3, -0.25) is 38.5 Å². The largest absolute Gasteiger partial charge is 0.480 e. The van der Waals surface area contributed by atoms with Gasteiger partial charge < -0.3 is 39.9 Å². The molecule has 4 rings (SSSR count). The second-order valence-electron chi connectivity index (χ2n) is 18.1. The van der Waals surface area contributed by atoms with Crippen LogP contribution in [0.25, 0.3) is 0 Å². The van der Waals surface area contributed by atoms with Gasteiger partial charge in [-0.05, 0) is 55.1 Å². The maximum Gasteiger partial charge on any atom is 0.326 e. The van der Waals surface area contributed by atoms with E-state index in [9.17, 15) is 47.9 Å². The Bertz CT molecular complexity index is 1910. The third-order valence-corrected chi connectivity index (χ3v) is 13.4. The Morgan fingerprint density at radius 1 is 0.892 bits per heavy atom. The Morgan fingerprint density at radius 3 is 2.14 bits per heavy atom. The van der Waals surface area contributed by atoms with Gasteiger partial charge in [-0.15, -0.1) is 0 Å². The number of likely N-dealkylation sites (N-methyl/N-ethyl adjacent to an activating group) is 2. The molecule has 360 valence electrons. The number of aliphatic carboxylic acids is 1. The van der Waals surface area contributed by atoms with Crippen LogP contribution in [-0.2, 0) is 54.3 Å². The molecule has 2 unspecified atom stereocenters. The monoisotopic (exact) mass is 913 g/mol. The van der Waals surface area contributed by atoms with Gasteiger partial charge in [-0.2, -0.15) is 0 Å². The van der Waals surface area contributed by atoms with Gasteiger partial charge in [-0.1, -0.05) is 65.7 Å². The van der Waals surface area contributed by atoms with Crippen molar-refractivity contribution >= 4 is 47.3 Å². The predicted molar refractivity (Wildman–Crippen MR) is 237 cm³/mol. The number of rotatable bonds is 26. The number of hydrogen-bond donors (Lipinski definition) is 3. The molecule has 10 atom stereocenters. The minimum Gasteiger partial charge on any atom is -0.480 e. The molecule has 1 saturated heterocycles. The molecule has 17 nitrogen and oxygen atoms in total. The zero-order valence-electron chi connectivity index (χ0n) is 39.3. The molecular weight excluding hydrogens is 844 g/mol. The Morgan fingerprint density at radius 2 is 1.55 bits per heavy atom. The lowest BCUT2D eigenvalue weighted by atomic mass is 9.90. The molecule has 2 heterocycles. The molecule has 0 radical (unpaired) electrons. The predicted octanol–water partition coefficient (Wildman–Crippen LogP) is 2.94. The Labute approximate surface area is 381 Å². The summed E-state index contributed by atoms with van der Waals surface area (Å²) < 4.78 is 26.2. The number of imide groups is 1. The Kier molecular flexibility index (Phi) is 19.2. The van der Waals surface area contributed by atoms with Gasteiger partial charge in [0, 0.05) is 65.9 Å². The van der Waals surface area contributed by atoms with E-state index in [1.54, 1.807) is 32.0 Å². The fourth-order valence-electron chi connectivity index (χ4n) is 9.44. The fraction of sp³-hybridized carbons (Fsp3) is 0.660. The quantitative estimate of drug-likeness (QED) is 0.0909. The van der Waals surface area contributed by atoms with E-state index in [1.807, 2.05) is 27.7 Å². The zero-order valence-corrected chi connectivity index (χ0v) is 39.3.